The molecule has 2 aromatic rings. The lowest BCUT2D eigenvalue weighted by molar-refractivity contribution is -0.119. The molecule has 4 N–H and O–H groups in total. The number of rotatable bonds is 6. The Morgan fingerprint density at radius 1 is 1.12 bits per heavy atom. The van der Waals surface area contributed by atoms with Crippen LogP contribution in [0.4, 0.5) is 11.4 Å². The monoisotopic (exact) mass is 327 g/mol. The Balaban J connectivity index is 2.04. The van der Waals surface area contributed by atoms with Crippen LogP contribution in [0.2, 0.25) is 0 Å². The molecule has 0 radical (unpaired) electrons. The molecule has 0 spiro atoms. The number of nitrogens with two attached hydrogens (primary N) is 1. The van der Waals surface area contributed by atoms with Gasteiger partial charge in [0.2, 0.25) is 11.8 Å². The second-order valence-corrected chi connectivity index (χ2v) is 5.39. The summed E-state index contributed by atoms with van der Waals surface area (Å²) in [4.78, 5) is 23.8. The third-order valence-electron chi connectivity index (χ3n) is 3.48. The summed E-state index contributed by atoms with van der Waals surface area (Å²) in [7, 11) is 1.46. The molecule has 0 bridgehead atoms. The van der Waals surface area contributed by atoms with Crippen molar-refractivity contribution >= 4 is 23.2 Å². The van der Waals surface area contributed by atoms with Gasteiger partial charge >= 0.3 is 0 Å². The van der Waals surface area contributed by atoms with Crippen LogP contribution in [-0.4, -0.2) is 25.5 Å². The summed E-state index contributed by atoms with van der Waals surface area (Å²) in [6.45, 7) is 1.83. The van der Waals surface area contributed by atoms with Crippen LogP contribution in [0.3, 0.4) is 0 Å². The third kappa shape index (κ3) is 4.65. The van der Waals surface area contributed by atoms with E-state index in [4.69, 9.17) is 10.5 Å². The quantitative estimate of drug-likeness (QED) is 0.758. The fourth-order valence-electron chi connectivity index (χ4n) is 2.23. The maximum atomic E-state index is 12.2. The molecule has 0 aliphatic rings. The van der Waals surface area contributed by atoms with E-state index >= 15 is 0 Å². The van der Waals surface area contributed by atoms with Gasteiger partial charge < -0.3 is 21.1 Å². The molecular formula is C18H21N3O3. The van der Waals surface area contributed by atoms with Gasteiger partial charge in [-0.3, -0.25) is 9.59 Å². The van der Waals surface area contributed by atoms with E-state index in [0.29, 0.717) is 11.4 Å². The van der Waals surface area contributed by atoms with E-state index in [-0.39, 0.29) is 18.4 Å². The van der Waals surface area contributed by atoms with E-state index in [2.05, 4.69) is 10.6 Å². The normalized spacial score (nSPS) is 11.6. The van der Waals surface area contributed by atoms with Crippen molar-refractivity contribution in [2.45, 2.75) is 13.0 Å². The van der Waals surface area contributed by atoms with Crippen molar-refractivity contribution in [3.8, 4) is 0 Å². The molecule has 0 saturated carbocycles. The number of ether oxygens (including phenoxy) is 1. The summed E-state index contributed by atoms with van der Waals surface area (Å²) in [6, 6.07) is 13.6. The number of anilines is 2. The first-order valence-corrected chi connectivity index (χ1v) is 7.52. The van der Waals surface area contributed by atoms with Gasteiger partial charge in [-0.05, 0) is 36.2 Å². The number of carbonyl (C=O) groups excluding carboxylic acids is 2. The van der Waals surface area contributed by atoms with E-state index in [1.807, 2.05) is 37.3 Å². The van der Waals surface area contributed by atoms with E-state index in [1.54, 1.807) is 18.2 Å². The maximum absolute atomic E-state index is 12.2. The van der Waals surface area contributed by atoms with Gasteiger partial charge in [0.15, 0.2) is 0 Å². The Hall–Kier alpha value is -2.70. The average Bonchev–Trinajstić information content (AvgIpc) is 2.57. The summed E-state index contributed by atoms with van der Waals surface area (Å²) in [5.41, 5.74) is 8.83. The molecule has 0 aromatic heterocycles. The van der Waals surface area contributed by atoms with Crippen LogP contribution >= 0.6 is 0 Å². The van der Waals surface area contributed by atoms with Crippen LogP contribution in [0.15, 0.2) is 48.5 Å². The maximum Gasteiger partial charge on any atom is 0.250 e. The first kappa shape index (κ1) is 17.7. The van der Waals surface area contributed by atoms with Gasteiger partial charge in [0.25, 0.3) is 0 Å². The molecule has 126 valence electrons. The summed E-state index contributed by atoms with van der Waals surface area (Å²) < 4.78 is 4.78. The van der Waals surface area contributed by atoms with Crippen LogP contribution in [0.1, 0.15) is 17.2 Å². The summed E-state index contributed by atoms with van der Waals surface area (Å²) in [5.74, 6) is -0.528. The molecule has 2 rings (SSSR count). The van der Waals surface area contributed by atoms with Gasteiger partial charge in [0.1, 0.15) is 12.6 Å². The highest BCUT2D eigenvalue weighted by Crippen LogP contribution is 2.21. The molecule has 0 saturated heterocycles. The van der Waals surface area contributed by atoms with Crippen molar-refractivity contribution in [3.05, 3.63) is 59.7 Å². The number of hydrogen-bond acceptors (Lipinski definition) is 4. The lowest BCUT2D eigenvalue weighted by Crippen LogP contribution is -2.27. The zero-order valence-corrected chi connectivity index (χ0v) is 13.7. The van der Waals surface area contributed by atoms with Gasteiger partial charge in [-0.2, -0.15) is 0 Å². The SMILES string of the molecule is COCC(=O)Nc1ccc(NC(=O)[C@@H](N)c2ccccc2)cc1C. The molecule has 0 unspecified atom stereocenters. The number of amides is 2. The first-order valence-electron chi connectivity index (χ1n) is 7.52. The van der Waals surface area contributed by atoms with Gasteiger partial charge in [0.05, 0.1) is 0 Å². The Bertz CT molecular complexity index is 717. The fourth-order valence-corrected chi connectivity index (χ4v) is 2.23. The smallest absolute Gasteiger partial charge is 0.250 e. The molecule has 0 fully saturated rings. The standard InChI is InChI=1S/C18H21N3O3/c1-12-10-14(8-9-15(12)21-16(22)11-24-2)20-18(23)17(19)13-6-4-3-5-7-13/h3-10,17H,11,19H2,1-2H3,(H,20,23)(H,21,22)/t17-/m0/s1. The van der Waals surface area contributed by atoms with Crippen LogP contribution in [0.25, 0.3) is 0 Å². The summed E-state index contributed by atoms with van der Waals surface area (Å²) in [5, 5.41) is 5.52. The molecule has 0 aliphatic heterocycles. The van der Waals surface area contributed by atoms with E-state index in [9.17, 15) is 9.59 Å². The van der Waals surface area contributed by atoms with Gasteiger partial charge in [-0.15, -0.1) is 0 Å². The lowest BCUT2D eigenvalue weighted by Gasteiger charge is -2.14. The molecule has 6 heteroatoms. The third-order valence-corrected chi connectivity index (χ3v) is 3.48. The molecule has 6 nitrogen and oxygen atoms in total. The van der Waals surface area contributed by atoms with E-state index in [0.717, 1.165) is 11.1 Å². The number of nitrogens with one attached hydrogen (secondary N) is 2. The van der Waals surface area contributed by atoms with Crippen molar-refractivity contribution in [1.29, 1.82) is 0 Å². The number of benzene rings is 2. The van der Waals surface area contributed by atoms with Crippen molar-refractivity contribution < 1.29 is 14.3 Å². The molecule has 24 heavy (non-hydrogen) atoms. The Kier molecular flexibility index (Phi) is 6.06. The second-order valence-electron chi connectivity index (χ2n) is 5.39. The van der Waals surface area contributed by atoms with Crippen LogP contribution in [0, 0.1) is 6.92 Å². The minimum atomic E-state index is -0.743. The number of aryl methyl sites for hydroxylation is 1. The number of methoxy groups -OCH3 is 1. The van der Waals surface area contributed by atoms with Crippen LogP contribution in [-0.2, 0) is 14.3 Å². The Morgan fingerprint density at radius 2 is 1.83 bits per heavy atom. The highest BCUT2D eigenvalue weighted by atomic mass is 16.5. The summed E-state index contributed by atoms with van der Waals surface area (Å²) >= 11 is 0. The average molecular weight is 327 g/mol. The Labute approximate surface area is 141 Å². The van der Waals surface area contributed by atoms with Gasteiger partial charge in [-0.1, -0.05) is 30.3 Å². The molecule has 2 aromatic carbocycles. The molecule has 0 aliphatic carbocycles. The zero-order chi connectivity index (χ0) is 17.5. The minimum Gasteiger partial charge on any atom is -0.375 e. The van der Waals surface area contributed by atoms with E-state index in [1.165, 1.54) is 7.11 Å². The number of hydrogen-bond donors (Lipinski definition) is 3. The first-order chi connectivity index (χ1) is 11.5. The van der Waals surface area contributed by atoms with Crippen molar-refractivity contribution in [3.63, 3.8) is 0 Å². The summed E-state index contributed by atoms with van der Waals surface area (Å²) in [6.07, 6.45) is 0. The number of carbonyl (C=O) groups is 2. The zero-order valence-electron chi connectivity index (χ0n) is 13.7. The molecule has 2 amide bonds. The fraction of sp³-hybridized carbons (Fsp3) is 0.222. The molecular weight excluding hydrogens is 306 g/mol. The Morgan fingerprint density at radius 3 is 2.46 bits per heavy atom. The predicted octanol–water partition coefficient (Wildman–Crippen LogP) is 2.22. The van der Waals surface area contributed by atoms with Crippen molar-refractivity contribution in [2.75, 3.05) is 24.4 Å². The highest BCUT2D eigenvalue weighted by molar-refractivity contribution is 5.96. The predicted molar refractivity (Wildman–Crippen MR) is 93.7 cm³/mol. The second kappa shape index (κ2) is 8.24. The molecule has 0 heterocycles. The topological polar surface area (TPSA) is 93.5 Å². The molecule has 1 atom stereocenters. The van der Waals surface area contributed by atoms with Crippen molar-refractivity contribution in [2.24, 2.45) is 5.73 Å². The van der Waals surface area contributed by atoms with Crippen molar-refractivity contribution in [1.82, 2.24) is 0 Å². The largest absolute Gasteiger partial charge is 0.375 e. The van der Waals surface area contributed by atoms with Crippen LogP contribution < -0.4 is 16.4 Å². The van der Waals surface area contributed by atoms with Gasteiger partial charge in [0, 0.05) is 18.5 Å². The highest BCUT2D eigenvalue weighted by Gasteiger charge is 2.16. The van der Waals surface area contributed by atoms with E-state index < -0.39 is 6.04 Å². The van der Waals surface area contributed by atoms with Crippen LogP contribution in [0.5, 0.6) is 0 Å². The lowest BCUT2D eigenvalue weighted by atomic mass is 10.1. The van der Waals surface area contributed by atoms with Gasteiger partial charge in [-0.25, -0.2) is 0 Å². The minimum absolute atomic E-state index is 0.0101.